The van der Waals surface area contributed by atoms with Crippen molar-refractivity contribution in [1.29, 1.82) is 0 Å². The normalized spacial score (nSPS) is 26.1. The summed E-state index contributed by atoms with van der Waals surface area (Å²) in [4.78, 5) is 0. The van der Waals surface area contributed by atoms with Crippen molar-refractivity contribution in [3.8, 4) is 0 Å². The molecule has 0 bridgehead atoms. The molecule has 1 aromatic rings. The van der Waals surface area contributed by atoms with E-state index in [-0.39, 0.29) is 5.82 Å². The van der Waals surface area contributed by atoms with E-state index in [1.807, 2.05) is 19.2 Å². The van der Waals surface area contributed by atoms with Gasteiger partial charge in [-0.2, -0.15) is 11.8 Å². The van der Waals surface area contributed by atoms with E-state index >= 15 is 0 Å². The van der Waals surface area contributed by atoms with Crippen LogP contribution in [0.2, 0.25) is 0 Å². The zero-order chi connectivity index (χ0) is 12.3. The van der Waals surface area contributed by atoms with Crippen molar-refractivity contribution >= 4 is 11.8 Å². The Hall–Kier alpha value is -0.540. The molecular weight excluding hydrogens is 233 g/mol. The third-order valence-electron chi connectivity index (χ3n) is 3.69. The second kappa shape index (κ2) is 5.40. The number of thioether (sulfide) groups is 1. The van der Waals surface area contributed by atoms with Gasteiger partial charge in [-0.3, -0.25) is 0 Å². The van der Waals surface area contributed by atoms with E-state index in [0.29, 0.717) is 10.8 Å². The molecule has 1 aliphatic heterocycles. The number of nitrogens with one attached hydrogen (secondary N) is 1. The zero-order valence-corrected chi connectivity index (χ0v) is 11.3. The molecule has 0 spiro atoms. The SMILES string of the molecule is CNC(Cc1ccc(F)cc1)C1(C)CCCS1. The fourth-order valence-electron chi connectivity index (χ4n) is 2.55. The zero-order valence-electron chi connectivity index (χ0n) is 10.5. The van der Waals surface area contributed by atoms with Crippen molar-refractivity contribution in [2.45, 2.75) is 37.0 Å². The van der Waals surface area contributed by atoms with Gasteiger partial charge in [0.2, 0.25) is 0 Å². The van der Waals surface area contributed by atoms with Crippen LogP contribution in [0.25, 0.3) is 0 Å². The molecule has 2 unspecified atom stereocenters. The third kappa shape index (κ3) is 3.02. The van der Waals surface area contributed by atoms with Crippen LogP contribution < -0.4 is 5.32 Å². The Labute approximate surface area is 107 Å². The first-order valence-corrected chi connectivity index (χ1v) is 7.18. The lowest BCUT2D eigenvalue weighted by molar-refractivity contribution is 0.424. The maximum absolute atomic E-state index is 12.9. The van der Waals surface area contributed by atoms with E-state index in [4.69, 9.17) is 0 Å². The van der Waals surface area contributed by atoms with Crippen LogP contribution in [0.1, 0.15) is 25.3 Å². The molecule has 2 rings (SSSR count). The standard InChI is InChI=1S/C14H20FNS/c1-14(8-3-9-17-14)13(16-2)10-11-4-6-12(15)7-5-11/h4-7,13,16H,3,8-10H2,1-2H3. The molecule has 1 fully saturated rings. The highest BCUT2D eigenvalue weighted by Crippen LogP contribution is 2.41. The summed E-state index contributed by atoms with van der Waals surface area (Å²) in [6.45, 7) is 2.34. The van der Waals surface area contributed by atoms with Crippen LogP contribution >= 0.6 is 11.8 Å². The van der Waals surface area contributed by atoms with E-state index in [1.54, 1.807) is 12.1 Å². The number of likely N-dealkylation sites (N-methyl/N-ethyl adjacent to an activating group) is 1. The minimum absolute atomic E-state index is 0.156. The van der Waals surface area contributed by atoms with Crippen LogP contribution in [0.4, 0.5) is 4.39 Å². The third-order valence-corrected chi connectivity index (χ3v) is 5.33. The Kier molecular flexibility index (Phi) is 4.10. The Balaban J connectivity index is 2.06. The number of hydrogen-bond acceptors (Lipinski definition) is 2. The van der Waals surface area contributed by atoms with Crippen LogP contribution in [-0.4, -0.2) is 23.6 Å². The second-order valence-corrected chi connectivity index (χ2v) is 6.57. The van der Waals surface area contributed by atoms with Crippen molar-refractivity contribution in [2.24, 2.45) is 0 Å². The fraction of sp³-hybridized carbons (Fsp3) is 0.571. The van der Waals surface area contributed by atoms with Crippen molar-refractivity contribution in [2.75, 3.05) is 12.8 Å². The largest absolute Gasteiger partial charge is 0.315 e. The lowest BCUT2D eigenvalue weighted by atomic mass is 9.91. The molecular formula is C14H20FNS. The van der Waals surface area contributed by atoms with E-state index in [9.17, 15) is 4.39 Å². The van der Waals surface area contributed by atoms with Crippen LogP contribution in [0.15, 0.2) is 24.3 Å². The maximum Gasteiger partial charge on any atom is 0.123 e. The molecule has 3 heteroatoms. The molecule has 0 radical (unpaired) electrons. The average Bonchev–Trinajstić information content (AvgIpc) is 2.76. The van der Waals surface area contributed by atoms with Crippen LogP contribution in [0.5, 0.6) is 0 Å². The van der Waals surface area contributed by atoms with Crippen LogP contribution in [0.3, 0.4) is 0 Å². The molecule has 94 valence electrons. The van der Waals surface area contributed by atoms with E-state index < -0.39 is 0 Å². The van der Waals surface area contributed by atoms with Gasteiger partial charge in [0, 0.05) is 10.8 Å². The van der Waals surface area contributed by atoms with Gasteiger partial charge in [0.15, 0.2) is 0 Å². The summed E-state index contributed by atoms with van der Waals surface area (Å²) in [6, 6.07) is 7.34. The van der Waals surface area contributed by atoms with Crippen molar-refractivity contribution in [1.82, 2.24) is 5.32 Å². The monoisotopic (exact) mass is 253 g/mol. The number of hydrogen-bond donors (Lipinski definition) is 1. The summed E-state index contributed by atoms with van der Waals surface area (Å²) < 4.78 is 13.2. The molecule has 1 aromatic carbocycles. The second-order valence-electron chi connectivity index (χ2n) is 4.94. The Morgan fingerprint density at radius 2 is 2.12 bits per heavy atom. The molecule has 1 saturated heterocycles. The molecule has 0 amide bonds. The highest BCUT2D eigenvalue weighted by Gasteiger charge is 2.36. The molecule has 1 heterocycles. The maximum atomic E-state index is 12.9. The van der Waals surface area contributed by atoms with Gasteiger partial charge >= 0.3 is 0 Å². The lowest BCUT2D eigenvalue weighted by Crippen LogP contribution is -2.45. The van der Waals surface area contributed by atoms with Crippen molar-refractivity contribution < 1.29 is 4.39 Å². The quantitative estimate of drug-likeness (QED) is 0.884. The first kappa shape index (κ1) is 12.9. The molecule has 0 aromatic heterocycles. The summed E-state index contributed by atoms with van der Waals surface area (Å²) in [5.74, 6) is 1.11. The molecule has 1 aliphatic rings. The predicted molar refractivity (Wildman–Crippen MR) is 73.0 cm³/mol. The van der Waals surface area contributed by atoms with Crippen molar-refractivity contribution in [3.05, 3.63) is 35.6 Å². The van der Waals surface area contributed by atoms with Gasteiger partial charge in [-0.25, -0.2) is 4.39 Å². The van der Waals surface area contributed by atoms with Crippen LogP contribution in [0, 0.1) is 5.82 Å². The Bertz CT molecular complexity index is 357. The van der Waals surface area contributed by atoms with E-state index in [1.165, 1.54) is 24.2 Å². The van der Waals surface area contributed by atoms with Gasteiger partial charge in [0.25, 0.3) is 0 Å². The summed E-state index contributed by atoms with van der Waals surface area (Å²) in [6.07, 6.45) is 3.55. The summed E-state index contributed by atoms with van der Waals surface area (Å²) in [5.41, 5.74) is 1.21. The highest BCUT2D eigenvalue weighted by atomic mass is 32.2. The first-order chi connectivity index (χ1) is 8.14. The molecule has 17 heavy (non-hydrogen) atoms. The highest BCUT2D eigenvalue weighted by molar-refractivity contribution is 8.00. The molecule has 2 atom stereocenters. The smallest absolute Gasteiger partial charge is 0.123 e. The van der Waals surface area contributed by atoms with Crippen LogP contribution in [-0.2, 0) is 6.42 Å². The molecule has 1 N–H and O–H groups in total. The average molecular weight is 253 g/mol. The summed E-state index contributed by atoms with van der Waals surface area (Å²) in [7, 11) is 2.03. The summed E-state index contributed by atoms with van der Waals surface area (Å²) in [5, 5.41) is 3.43. The minimum atomic E-state index is -0.156. The Morgan fingerprint density at radius 1 is 1.41 bits per heavy atom. The number of benzene rings is 1. The predicted octanol–water partition coefficient (Wildman–Crippen LogP) is 3.24. The number of rotatable bonds is 4. The van der Waals surface area contributed by atoms with Gasteiger partial charge < -0.3 is 5.32 Å². The van der Waals surface area contributed by atoms with Crippen molar-refractivity contribution in [3.63, 3.8) is 0 Å². The van der Waals surface area contributed by atoms with Gasteiger partial charge in [-0.15, -0.1) is 0 Å². The fourth-order valence-corrected chi connectivity index (χ4v) is 4.00. The molecule has 0 aliphatic carbocycles. The summed E-state index contributed by atoms with van der Waals surface area (Å²) >= 11 is 2.06. The van der Waals surface area contributed by atoms with Gasteiger partial charge in [-0.05, 0) is 56.7 Å². The first-order valence-electron chi connectivity index (χ1n) is 6.20. The van der Waals surface area contributed by atoms with Gasteiger partial charge in [-0.1, -0.05) is 12.1 Å². The van der Waals surface area contributed by atoms with Gasteiger partial charge in [0.1, 0.15) is 5.82 Å². The van der Waals surface area contributed by atoms with E-state index in [2.05, 4.69) is 24.0 Å². The topological polar surface area (TPSA) is 12.0 Å². The number of halogens is 1. The minimum Gasteiger partial charge on any atom is -0.315 e. The lowest BCUT2D eigenvalue weighted by Gasteiger charge is -2.33. The van der Waals surface area contributed by atoms with E-state index in [0.717, 1.165) is 6.42 Å². The Morgan fingerprint density at radius 3 is 2.65 bits per heavy atom. The molecule has 1 nitrogen and oxygen atoms in total. The molecule has 0 saturated carbocycles. The van der Waals surface area contributed by atoms with Gasteiger partial charge in [0.05, 0.1) is 0 Å².